The Labute approximate surface area is 151 Å². The molecule has 0 aliphatic heterocycles. The number of hydrogen-bond acceptors (Lipinski definition) is 2. The largest absolute Gasteiger partial charge is 0.496 e. The van der Waals surface area contributed by atoms with E-state index in [-0.39, 0.29) is 24.0 Å². The number of para-hydroxylation sites is 1. The van der Waals surface area contributed by atoms with Crippen LogP contribution in [0.25, 0.3) is 0 Å². The molecule has 0 bridgehead atoms. The highest BCUT2D eigenvalue weighted by Crippen LogP contribution is 2.18. The van der Waals surface area contributed by atoms with Crippen molar-refractivity contribution in [2.75, 3.05) is 27.2 Å². The molecule has 1 aromatic carbocycles. The molecule has 0 amide bonds. The molecule has 1 N–H and O–H groups in total. The van der Waals surface area contributed by atoms with Gasteiger partial charge in [-0.1, -0.05) is 24.3 Å². The summed E-state index contributed by atoms with van der Waals surface area (Å²) in [5.74, 6) is 1.80. The van der Waals surface area contributed by atoms with Crippen LogP contribution in [0.2, 0.25) is 0 Å². The van der Waals surface area contributed by atoms with E-state index in [0.29, 0.717) is 6.54 Å². The summed E-state index contributed by atoms with van der Waals surface area (Å²) in [4.78, 5) is 6.85. The average molecular weight is 417 g/mol. The molecule has 0 atom stereocenters. The second-order valence-corrected chi connectivity index (χ2v) is 4.83. The molecule has 1 rings (SSSR count). The van der Waals surface area contributed by atoms with Crippen molar-refractivity contribution in [2.24, 2.45) is 4.99 Å². The predicted octanol–water partition coefficient (Wildman–Crippen LogP) is 3.68. The average Bonchev–Trinajstić information content (AvgIpc) is 2.51. The monoisotopic (exact) mass is 417 g/mol. The number of guanidine groups is 1. The number of rotatable bonds is 8. The van der Waals surface area contributed by atoms with E-state index >= 15 is 0 Å². The summed E-state index contributed by atoms with van der Waals surface area (Å²) in [6.45, 7) is 8.26. The third-order valence-corrected chi connectivity index (χ3v) is 3.19. The summed E-state index contributed by atoms with van der Waals surface area (Å²) in [5.41, 5.74) is 1.09. The van der Waals surface area contributed by atoms with Gasteiger partial charge in [-0.05, 0) is 25.8 Å². The molecule has 22 heavy (non-hydrogen) atoms. The Kier molecular flexibility index (Phi) is 11.6. The molecular weight excluding hydrogens is 389 g/mol. The molecular formula is C17H28IN3O. The molecule has 0 saturated carbocycles. The first-order chi connectivity index (χ1) is 10.2. The second kappa shape index (κ2) is 12.3. The third-order valence-electron chi connectivity index (χ3n) is 3.19. The van der Waals surface area contributed by atoms with Crippen molar-refractivity contribution in [1.82, 2.24) is 10.2 Å². The van der Waals surface area contributed by atoms with Gasteiger partial charge in [0.25, 0.3) is 0 Å². The number of methoxy groups -OCH3 is 1. The zero-order chi connectivity index (χ0) is 15.5. The number of nitrogens with one attached hydrogen (secondary N) is 1. The summed E-state index contributed by atoms with van der Waals surface area (Å²) < 4.78 is 5.36. The number of benzene rings is 1. The van der Waals surface area contributed by atoms with Crippen molar-refractivity contribution in [1.29, 1.82) is 0 Å². The first-order valence-electron chi connectivity index (χ1n) is 7.45. The highest BCUT2D eigenvalue weighted by atomic mass is 127. The Balaban J connectivity index is 0.00000441. The van der Waals surface area contributed by atoms with Crippen LogP contribution in [0, 0.1) is 0 Å². The van der Waals surface area contributed by atoms with E-state index < -0.39 is 0 Å². The fourth-order valence-electron chi connectivity index (χ4n) is 2.04. The predicted molar refractivity (Wildman–Crippen MR) is 105 cm³/mol. The van der Waals surface area contributed by atoms with Gasteiger partial charge in [-0.2, -0.15) is 0 Å². The van der Waals surface area contributed by atoms with Crippen molar-refractivity contribution in [3.63, 3.8) is 0 Å². The van der Waals surface area contributed by atoms with Gasteiger partial charge in [0.05, 0.1) is 13.7 Å². The number of nitrogens with zero attached hydrogens (tertiary/aromatic N) is 2. The van der Waals surface area contributed by atoms with E-state index in [1.807, 2.05) is 30.3 Å². The molecule has 0 saturated heterocycles. The number of aliphatic imine (C=N–C) groups is 1. The van der Waals surface area contributed by atoms with Crippen LogP contribution in [0.4, 0.5) is 0 Å². The lowest BCUT2D eigenvalue weighted by molar-refractivity contribution is 0.409. The second-order valence-electron chi connectivity index (χ2n) is 4.83. The van der Waals surface area contributed by atoms with Crippen LogP contribution in [0.15, 0.2) is 41.9 Å². The summed E-state index contributed by atoms with van der Waals surface area (Å²) in [7, 11) is 3.75. The minimum Gasteiger partial charge on any atom is -0.496 e. The summed E-state index contributed by atoms with van der Waals surface area (Å²) in [6, 6.07) is 7.99. The van der Waals surface area contributed by atoms with Gasteiger partial charge in [-0.25, -0.2) is 4.99 Å². The van der Waals surface area contributed by atoms with Gasteiger partial charge in [0.2, 0.25) is 0 Å². The van der Waals surface area contributed by atoms with Crippen LogP contribution in [0.5, 0.6) is 5.75 Å². The fraction of sp³-hybridized carbons (Fsp3) is 0.471. The molecule has 0 aliphatic rings. The van der Waals surface area contributed by atoms with E-state index in [1.54, 1.807) is 7.11 Å². The molecule has 1 aromatic rings. The molecule has 4 nitrogen and oxygen atoms in total. The molecule has 0 unspecified atom stereocenters. The maximum Gasteiger partial charge on any atom is 0.193 e. The van der Waals surface area contributed by atoms with Crippen molar-refractivity contribution >= 4 is 29.9 Å². The molecule has 0 aromatic heterocycles. The lowest BCUT2D eigenvalue weighted by Gasteiger charge is -2.22. The topological polar surface area (TPSA) is 36.9 Å². The van der Waals surface area contributed by atoms with Crippen molar-refractivity contribution < 1.29 is 4.74 Å². The Morgan fingerprint density at radius 1 is 1.41 bits per heavy atom. The van der Waals surface area contributed by atoms with Crippen LogP contribution < -0.4 is 10.1 Å². The smallest absolute Gasteiger partial charge is 0.193 e. The number of hydrogen-bond donors (Lipinski definition) is 1. The van der Waals surface area contributed by atoms with E-state index in [2.05, 4.69) is 30.8 Å². The molecule has 0 spiro atoms. The molecule has 5 heteroatoms. The normalized spacial score (nSPS) is 10.6. The first-order valence-corrected chi connectivity index (χ1v) is 7.45. The van der Waals surface area contributed by atoms with Gasteiger partial charge in [-0.3, -0.25) is 0 Å². The van der Waals surface area contributed by atoms with Crippen LogP contribution in [0.3, 0.4) is 0 Å². The van der Waals surface area contributed by atoms with Gasteiger partial charge >= 0.3 is 0 Å². The van der Waals surface area contributed by atoms with Gasteiger partial charge in [0, 0.05) is 25.7 Å². The van der Waals surface area contributed by atoms with E-state index in [4.69, 9.17) is 9.73 Å². The maximum absolute atomic E-state index is 5.36. The highest BCUT2D eigenvalue weighted by Gasteiger charge is 2.06. The van der Waals surface area contributed by atoms with Gasteiger partial charge in [-0.15, -0.1) is 30.6 Å². The third kappa shape index (κ3) is 7.15. The fourth-order valence-corrected chi connectivity index (χ4v) is 2.04. The molecule has 0 aliphatic carbocycles. The summed E-state index contributed by atoms with van der Waals surface area (Å²) in [6.07, 6.45) is 4.06. The van der Waals surface area contributed by atoms with E-state index in [0.717, 1.165) is 43.2 Å². The first kappa shape index (κ1) is 20.8. The van der Waals surface area contributed by atoms with Crippen LogP contribution >= 0.6 is 24.0 Å². The maximum atomic E-state index is 5.36. The Bertz CT molecular complexity index is 463. The lowest BCUT2D eigenvalue weighted by atomic mass is 10.2. The van der Waals surface area contributed by atoms with Crippen molar-refractivity contribution in [2.45, 2.75) is 26.3 Å². The number of ether oxygens (including phenoxy) is 1. The Morgan fingerprint density at radius 2 is 2.14 bits per heavy atom. The Hall–Kier alpha value is -1.24. The Morgan fingerprint density at radius 3 is 2.77 bits per heavy atom. The zero-order valence-electron chi connectivity index (χ0n) is 13.8. The summed E-state index contributed by atoms with van der Waals surface area (Å²) >= 11 is 0. The SMILES string of the molecule is C=CCCCN(C)C(=NCc1ccccc1OC)NCC.I. The van der Waals surface area contributed by atoms with Crippen molar-refractivity contribution in [3.8, 4) is 5.75 Å². The van der Waals surface area contributed by atoms with Crippen LogP contribution in [-0.4, -0.2) is 38.1 Å². The number of halogens is 1. The van der Waals surface area contributed by atoms with Gasteiger partial charge in [0.15, 0.2) is 5.96 Å². The molecule has 0 radical (unpaired) electrons. The van der Waals surface area contributed by atoms with E-state index in [9.17, 15) is 0 Å². The van der Waals surface area contributed by atoms with Crippen LogP contribution in [-0.2, 0) is 6.54 Å². The zero-order valence-corrected chi connectivity index (χ0v) is 16.2. The number of unbranched alkanes of at least 4 members (excludes halogenated alkanes) is 1. The number of allylic oxidation sites excluding steroid dienone is 1. The van der Waals surface area contributed by atoms with Gasteiger partial charge < -0.3 is 15.0 Å². The molecule has 0 fully saturated rings. The van der Waals surface area contributed by atoms with Crippen LogP contribution in [0.1, 0.15) is 25.3 Å². The van der Waals surface area contributed by atoms with E-state index in [1.165, 1.54) is 0 Å². The molecule has 0 heterocycles. The minimum atomic E-state index is 0. The molecule has 124 valence electrons. The van der Waals surface area contributed by atoms with Crippen molar-refractivity contribution in [3.05, 3.63) is 42.5 Å². The van der Waals surface area contributed by atoms with Gasteiger partial charge in [0.1, 0.15) is 5.75 Å². The minimum absolute atomic E-state index is 0. The lowest BCUT2D eigenvalue weighted by Crippen LogP contribution is -2.39. The standard InChI is InChI=1S/C17H27N3O.HI/c1-5-7-10-13-20(3)17(18-6-2)19-14-15-11-8-9-12-16(15)21-4;/h5,8-9,11-12H,1,6-7,10,13-14H2,2-4H3,(H,18,19);1H. The quantitative estimate of drug-likeness (QED) is 0.231. The highest BCUT2D eigenvalue weighted by molar-refractivity contribution is 14.0. The summed E-state index contributed by atoms with van der Waals surface area (Å²) in [5, 5.41) is 3.33.